The lowest BCUT2D eigenvalue weighted by Crippen LogP contribution is -2.07. The van der Waals surface area contributed by atoms with Crippen molar-refractivity contribution in [3.8, 4) is 11.5 Å². The third kappa shape index (κ3) is 4.67. The van der Waals surface area contributed by atoms with Gasteiger partial charge in [-0.15, -0.1) is 0 Å². The van der Waals surface area contributed by atoms with E-state index >= 15 is 0 Å². The summed E-state index contributed by atoms with van der Waals surface area (Å²) in [5.74, 6) is -0.208. The minimum atomic E-state index is -0.655. The number of cyclic esters (lactones) is 1. The van der Waals surface area contributed by atoms with Crippen molar-refractivity contribution >= 4 is 33.9 Å². The number of rotatable bonds is 6. The van der Waals surface area contributed by atoms with Gasteiger partial charge in [0.25, 0.3) is 0 Å². The lowest BCUT2D eigenvalue weighted by molar-refractivity contribution is -0.129. The second-order valence-corrected chi connectivity index (χ2v) is 7.48. The molecule has 7 heteroatoms. The third-order valence-corrected chi connectivity index (χ3v) is 5.09. The maximum atomic E-state index is 14.0. The molecular weight excluding hydrogens is 465 g/mol. The molecule has 0 spiro atoms. The van der Waals surface area contributed by atoms with Gasteiger partial charge in [-0.2, -0.15) is 0 Å². The molecule has 0 N–H and O–H groups in total. The molecule has 0 atom stereocenters. The van der Waals surface area contributed by atoms with Gasteiger partial charge < -0.3 is 14.2 Å². The van der Waals surface area contributed by atoms with Gasteiger partial charge in [-0.05, 0) is 57.4 Å². The number of carbonyl (C=O) groups excluding carboxylic acids is 1. The zero-order valence-electron chi connectivity index (χ0n) is 16.5. The highest BCUT2D eigenvalue weighted by Gasteiger charge is 2.26. The highest BCUT2D eigenvalue weighted by atomic mass is 79.9. The van der Waals surface area contributed by atoms with Crippen molar-refractivity contribution in [3.05, 3.63) is 99.4 Å². The molecule has 0 unspecified atom stereocenters. The maximum absolute atomic E-state index is 14.0. The molecule has 0 saturated heterocycles. The fraction of sp³-hybridized carbons (Fsp3) is 0.0833. The molecule has 0 radical (unpaired) electrons. The van der Waals surface area contributed by atoms with Gasteiger partial charge in [0.05, 0.1) is 17.1 Å². The van der Waals surface area contributed by atoms with Gasteiger partial charge in [0.15, 0.2) is 17.2 Å². The van der Waals surface area contributed by atoms with Crippen molar-refractivity contribution in [2.24, 2.45) is 4.99 Å². The molecule has 5 nitrogen and oxygen atoms in total. The molecule has 0 aliphatic carbocycles. The fourth-order valence-corrected chi connectivity index (χ4v) is 3.58. The Morgan fingerprint density at radius 1 is 1.10 bits per heavy atom. The minimum Gasteiger partial charge on any atom is -0.493 e. The van der Waals surface area contributed by atoms with Crippen LogP contribution in [0.1, 0.15) is 16.7 Å². The topological polar surface area (TPSA) is 57.1 Å². The first-order valence-electron chi connectivity index (χ1n) is 9.37. The molecule has 3 aromatic rings. The van der Waals surface area contributed by atoms with Crippen LogP contribution in [-0.4, -0.2) is 19.0 Å². The third-order valence-electron chi connectivity index (χ3n) is 4.51. The van der Waals surface area contributed by atoms with Gasteiger partial charge in [-0.3, -0.25) is 0 Å². The van der Waals surface area contributed by atoms with Crippen LogP contribution in [0.15, 0.2) is 81.9 Å². The molecule has 1 aliphatic heterocycles. The fourth-order valence-electron chi connectivity index (χ4n) is 3.01. The van der Waals surface area contributed by atoms with E-state index in [0.717, 1.165) is 5.56 Å². The zero-order valence-corrected chi connectivity index (χ0v) is 18.1. The maximum Gasteiger partial charge on any atom is 0.363 e. The van der Waals surface area contributed by atoms with Crippen molar-refractivity contribution in [2.75, 3.05) is 7.11 Å². The number of nitrogens with zero attached hydrogens (tertiary/aromatic N) is 1. The van der Waals surface area contributed by atoms with E-state index in [1.54, 1.807) is 30.3 Å². The Kier molecular flexibility index (Phi) is 6.13. The Balaban J connectivity index is 1.61. The number of methoxy groups -OCH3 is 1. The zero-order chi connectivity index (χ0) is 21.8. The lowest BCUT2D eigenvalue weighted by Gasteiger charge is -2.13. The van der Waals surface area contributed by atoms with E-state index < -0.39 is 11.8 Å². The standard InChI is InChI=1S/C24H17BrFNO4/c1-29-21-13-16(11-18(25)22(21)30-14-15-7-3-2-4-8-15)12-20-24(28)31-23(27-20)17-9-5-6-10-19(17)26/h2-13H,14H2,1H3/b20-12-. The van der Waals surface area contributed by atoms with Gasteiger partial charge in [0.2, 0.25) is 5.90 Å². The molecule has 1 aliphatic rings. The summed E-state index contributed by atoms with van der Waals surface area (Å²) in [6.45, 7) is 0.374. The van der Waals surface area contributed by atoms with Gasteiger partial charge >= 0.3 is 5.97 Å². The van der Waals surface area contributed by atoms with Crippen molar-refractivity contribution in [2.45, 2.75) is 6.61 Å². The summed E-state index contributed by atoms with van der Waals surface area (Å²) in [6, 6.07) is 19.2. The second-order valence-electron chi connectivity index (χ2n) is 6.62. The molecule has 0 bridgehead atoms. The first-order chi connectivity index (χ1) is 15.0. The average molecular weight is 482 g/mol. The summed E-state index contributed by atoms with van der Waals surface area (Å²) >= 11 is 3.50. The first kappa shape index (κ1) is 20.8. The van der Waals surface area contributed by atoms with E-state index in [1.807, 2.05) is 30.3 Å². The van der Waals surface area contributed by atoms with Crippen LogP contribution in [0.3, 0.4) is 0 Å². The molecule has 3 aromatic carbocycles. The van der Waals surface area contributed by atoms with E-state index in [-0.39, 0.29) is 17.2 Å². The molecular formula is C24H17BrFNO4. The number of benzene rings is 3. The highest BCUT2D eigenvalue weighted by molar-refractivity contribution is 9.10. The van der Waals surface area contributed by atoms with Crippen LogP contribution in [0, 0.1) is 5.82 Å². The number of hydrogen-bond donors (Lipinski definition) is 0. The Morgan fingerprint density at radius 3 is 2.58 bits per heavy atom. The predicted octanol–water partition coefficient (Wildman–Crippen LogP) is 5.52. The molecule has 31 heavy (non-hydrogen) atoms. The predicted molar refractivity (Wildman–Crippen MR) is 118 cm³/mol. The van der Waals surface area contributed by atoms with Crippen molar-refractivity contribution < 1.29 is 23.4 Å². The summed E-state index contributed by atoms with van der Waals surface area (Å²) in [5.41, 5.74) is 1.85. The first-order valence-corrected chi connectivity index (χ1v) is 10.2. The normalized spacial score (nSPS) is 14.4. The molecule has 0 saturated carbocycles. The number of hydrogen-bond acceptors (Lipinski definition) is 5. The van der Waals surface area contributed by atoms with Crippen LogP contribution in [-0.2, 0) is 16.1 Å². The van der Waals surface area contributed by atoms with Crippen LogP contribution in [0.25, 0.3) is 6.08 Å². The van der Waals surface area contributed by atoms with Crippen LogP contribution >= 0.6 is 15.9 Å². The SMILES string of the molecule is COc1cc(/C=C2\N=C(c3ccccc3F)OC2=O)cc(Br)c1OCc1ccccc1. The van der Waals surface area contributed by atoms with E-state index in [4.69, 9.17) is 14.2 Å². The number of carbonyl (C=O) groups is 1. The Bertz CT molecular complexity index is 1190. The molecule has 0 fully saturated rings. The van der Waals surface area contributed by atoms with E-state index in [9.17, 15) is 9.18 Å². The minimum absolute atomic E-state index is 0.0603. The van der Waals surface area contributed by atoms with Gasteiger partial charge in [0.1, 0.15) is 12.4 Å². The van der Waals surface area contributed by atoms with Crippen molar-refractivity contribution in [1.82, 2.24) is 0 Å². The highest BCUT2D eigenvalue weighted by Crippen LogP contribution is 2.38. The van der Waals surface area contributed by atoms with Crippen LogP contribution < -0.4 is 9.47 Å². The Hall–Kier alpha value is -3.45. The van der Waals surface area contributed by atoms with Crippen molar-refractivity contribution in [1.29, 1.82) is 0 Å². The molecule has 156 valence electrons. The van der Waals surface area contributed by atoms with E-state index in [1.165, 1.54) is 19.2 Å². The molecule has 0 amide bonds. The molecule has 1 heterocycles. The monoisotopic (exact) mass is 481 g/mol. The summed E-state index contributed by atoms with van der Waals surface area (Å²) in [6.07, 6.45) is 1.55. The largest absolute Gasteiger partial charge is 0.493 e. The molecule has 4 rings (SSSR count). The quantitative estimate of drug-likeness (QED) is 0.343. The average Bonchev–Trinajstić information content (AvgIpc) is 3.13. The van der Waals surface area contributed by atoms with Gasteiger partial charge in [0, 0.05) is 0 Å². The molecule has 0 aromatic heterocycles. The number of ether oxygens (including phenoxy) is 3. The summed E-state index contributed by atoms with van der Waals surface area (Å²) < 4.78 is 31.2. The Morgan fingerprint density at radius 2 is 1.84 bits per heavy atom. The lowest BCUT2D eigenvalue weighted by atomic mass is 10.1. The second kappa shape index (κ2) is 9.14. The van der Waals surface area contributed by atoms with Crippen LogP contribution in [0.2, 0.25) is 0 Å². The number of halogens is 2. The van der Waals surface area contributed by atoms with Crippen LogP contribution in [0.5, 0.6) is 11.5 Å². The van der Waals surface area contributed by atoms with E-state index in [0.29, 0.717) is 28.1 Å². The van der Waals surface area contributed by atoms with Gasteiger partial charge in [-0.1, -0.05) is 42.5 Å². The van der Waals surface area contributed by atoms with E-state index in [2.05, 4.69) is 20.9 Å². The Labute approximate surface area is 186 Å². The van der Waals surface area contributed by atoms with Gasteiger partial charge in [-0.25, -0.2) is 14.2 Å². The summed E-state index contributed by atoms with van der Waals surface area (Å²) in [4.78, 5) is 16.4. The van der Waals surface area contributed by atoms with Crippen molar-refractivity contribution in [3.63, 3.8) is 0 Å². The smallest absolute Gasteiger partial charge is 0.363 e. The summed E-state index contributed by atoms with van der Waals surface area (Å²) in [5, 5.41) is 0. The number of aliphatic imine (C=N–C) groups is 1. The number of esters is 1. The van der Waals surface area contributed by atoms with Crippen LogP contribution in [0.4, 0.5) is 4.39 Å². The summed E-state index contributed by atoms with van der Waals surface area (Å²) in [7, 11) is 1.53.